The number of anilines is 1. The van der Waals surface area contributed by atoms with Crippen LogP contribution in [0.3, 0.4) is 0 Å². The first-order valence-corrected chi connectivity index (χ1v) is 8.07. The van der Waals surface area contributed by atoms with Crippen molar-refractivity contribution in [2.75, 3.05) is 37.7 Å². The molecule has 1 heterocycles. The molecule has 2 rings (SSSR count). The molecule has 1 aliphatic rings. The Labute approximate surface area is 144 Å². The fourth-order valence-electron chi connectivity index (χ4n) is 2.62. The summed E-state index contributed by atoms with van der Waals surface area (Å²) in [5, 5.41) is 14.8. The van der Waals surface area contributed by atoms with Crippen LogP contribution in [0.25, 0.3) is 10.4 Å². The third-order valence-corrected chi connectivity index (χ3v) is 3.93. The molecule has 0 bridgehead atoms. The molecule has 1 aromatic carbocycles. The van der Waals surface area contributed by atoms with Gasteiger partial charge in [0.2, 0.25) is 0 Å². The van der Waals surface area contributed by atoms with E-state index in [-0.39, 0.29) is 17.5 Å². The Hall–Kier alpha value is -3.00. The quantitative estimate of drug-likeness (QED) is 0.194. The van der Waals surface area contributed by atoms with Gasteiger partial charge in [-0.05, 0) is 24.1 Å². The van der Waals surface area contributed by atoms with Crippen LogP contribution in [0.1, 0.15) is 19.8 Å². The lowest BCUT2D eigenvalue weighted by Gasteiger charge is -2.35. The van der Waals surface area contributed by atoms with Gasteiger partial charge in [-0.25, -0.2) is 4.79 Å². The standard InChI is InChI=1S/C15H20N6O4/c1-2-3-11-25-15(22)20-9-7-19(8-10-20)13-6-4-5-12(17-18-16)14(13)21(23)24/h4-6H,2-3,7-11H2,1H3. The molecule has 10 heteroatoms. The van der Waals surface area contributed by atoms with E-state index in [1.165, 1.54) is 6.07 Å². The van der Waals surface area contributed by atoms with Crippen LogP contribution in [-0.2, 0) is 4.74 Å². The molecule has 1 saturated heterocycles. The second kappa shape index (κ2) is 8.74. The van der Waals surface area contributed by atoms with Gasteiger partial charge in [-0.1, -0.05) is 24.5 Å². The second-order valence-electron chi connectivity index (χ2n) is 5.53. The summed E-state index contributed by atoms with van der Waals surface area (Å²) in [7, 11) is 0. The molecular formula is C15H20N6O4. The SMILES string of the molecule is CCCCOC(=O)N1CCN(c2cccc(N=[N+]=[N-])c2[N+](=O)[O-])CC1. The molecule has 0 aromatic heterocycles. The van der Waals surface area contributed by atoms with Crippen molar-refractivity contribution >= 4 is 23.2 Å². The number of rotatable bonds is 6. The molecule has 0 unspecified atom stereocenters. The predicted octanol–water partition coefficient (Wildman–Crippen LogP) is 3.60. The Morgan fingerprint density at radius 2 is 2.12 bits per heavy atom. The van der Waals surface area contributed by atoms with Gasteiger partial charge in [0.25, 0.3) is 0 Å². The van der Waals surface area contributed by atoms with Gasteiger partial charge in [-0.2, -0.15) is 0 Å². The van der Waals surface area contributed by atoms with Crippen molar-refractivity contribution in [3.63, 3.8) is 0 Å². The highest BCUT2D eigenvalue weighted by Gasteiger charge is 2.28. The summed E-state index contributed by atoms with van der Waals surface area (Å²) in [4.78, 5) is 28.8. The van der Waals surface area contributed by atoms with Gasteiger partial charge < -0.3 is 14.5 Å². The van der Waals surface area contributed by atoms with E-state index in [0.29, 0.717) is 38.5 Å². The lowest BCUT2D eigenvalue weighted by atomic mass is 10.2. The monoisotopic (exact) mass is 348 g/mol. The molecule has 0 N–H and O–H groups in total. The lowest BCUT2D eigenvalue weighted by Crippen LogP contribution is -2.49. The smallest absolute Gasteiger partial charge is 0.409 e. The minimum absolute atomic E-state index is 0.0218. The van der Waals surface area contributed by atoms with Crippen LogP contribution < -0.4 is 4.90 Å². The zero-order chi connectivity index (χ0) is 18.2. The summed E-state index contributed by atoms with van der Waals surface area (Å²) in [6, 6.07) is 4.63. The van der Waals surface area contributed by atoms with E-state index in [1.54, 1.807) is 17.0 Å². The molecule has 134 valence electrons. The van der Waals surface area contributed by atoms with Crippen LogP contribution >= 0.6 is 0 Å². The number of nitro groups is 1. The number of piperazine rings is 1. The van der Waals surface area contributed by atoms with Gasteiger partial charge in [-0.3, -0.25) is 10.1 Å². The summed E-state index contributed by atoms with van der Waals surface area (Å²) in [5.74, 6) is 0. The maximum atomic E-state index is 12.0. The molecule has 0 atom stereocenters. The Balaban J connectivity index is 2.08. The fraction of sp³-hybridized carbons (Fsp3) is 0.533. The number of carbonyl (C=O) groups is 1. The summed E-state index contributed by atoms with van der Waals surface area (Å²) >= 11 is 0. The number of unbranched alkanes of at least 4 members (excludes halogenated alkanes) is 1. The molecule has 1 fully saturated rings. The molecule has 0 saturated carbocycles. The van der Waals surface area contributed by atoms with E-state index in [9.17, 15) is 14.9 Å². The van der Waals surface area contributed by atoms with Crippen molar-refractivity contribution in [3.8, 4) is 0 Å². The number of ether oxygens (including phenoxy) is 1. The molecule has 25 heavy (non-hydrogen) atoms. The highest BCUT2D eigenvalue weighted by molar-refractivity contribution is 5.75. The molecule has 0 spiro atoms. The van der Waals surface area contributed by atoms with Crippen molar-refractivity contribution in [2.24, 2.45) is 5.11 Å². The third-order valence-electron chi connectivity index (χ3n) is 3.93. The minimum Gasteiger partial charge on any atom is -0.449 e. The number of azide groups is 1. The van der Waals surface area contributed by atoms with Crippen LogP contribution in [0.4, 0.5) is 21.9 Å². The van der Waals surface area contributed by atoms with Crippen LogP contribution in [0.5, 0.6) is 0 Å². The van der Waals surface area contributed by atoms with E-state index < -0.39 is 4.92 Å². The Morgan fingerprint density at radius 3 is 2.72 bits per heavy atom. The maximum absolute atomic E-state index is 12.0. The topological polar surface area (TPSA) is 125 Å². The molecule has 0 aliphatic carbocycles. The summed E-state index contributed by atoms with van der Waals surface area (Å²) in [5.41, 5.74) is 8.71. The largest absolute Gasteiger partial charge is 0.449 e. The van der Waals surface area contributed by atoms with Crippen LogP contribution in [0.2, 0.25) is 0 Å². The van der Waals surface area contributed by atoms with Crippen LogP contribution in [0.15, 0.2) is 23.3 Å². The van der Waals surface area contributed by atoms with Crippen molar-refractivity contribution in [1.29, 1.82) is 0 Å². The van der Waals surface area contributed by atoms with E-state index >= 15 is 0 Å². The zero-order valence-electron chi connectivity index (χ0n) is 14.0. The highest BCUT2D eigenvalue weighted by Crippen LogP contribution is 2.37. The third kappa shape index (κ3) is 4.51. The molecule has 1 aliphatic heterocycles. The van der Waals surface area contributed by atoms with Crippen LogP contribution in [-0.4, -0.2) is 48.7 Å². The van der Waals surface area contributed by atoms with Gasteiger partial charge in [-0.15, -0.1) is 0 Å². The van der Waals surface area contributed by atoms with E-state index in [4.69, 9.17) is 10.3 Å². The van der Waals surface area contributed by atoms with Crippen molar-refractivity contribution < 1.29 is 14.5 Å². The average molecular weight is 348 g/mol. The van der Waals surface area contributed by atoms with E-state index in [2.05, 4.69) is 10.0 Å². The summed E-state index contributed by atoms with van der Waals surface area (Å²) in [6.45, 7) is 4.10. The number of nitro benzene ring substituents is 1. The first kappa shape index (κ1) is 18.3. The number of hydrogen-bond acceptors (Lipinski definition) is 6. The van der Waals surface area contributed by atoms with E-state index in [0.717, 1.165) is 12.8 Å². The fourth-order valence-corrected chi connectivity index (χ4v) is 2.62. The van der Waals surface area contributed by atoms with E-state index in [1.807, 2.05) is 11.8 Å². The maximum Gasteiger partial charge on any atom is 0.409 e. The molecule has 1 aromatic rings. The number of para-hydroxylation sites is 1. The second-order valence-corrected chi connectivity index (χ2v) is 5.53. The minimum atomic E-state index is -0.551. The van der Waals surface area contributed by atoms with Gasteiger partial charge in [0.1, 0.15) is 11.4 Å². The van der Waals surface area contributed by atoms with Crippen molar-refractivity contribution in [2.45, 2.75) is 19.8 Å². The Bertz CT molecular complexity index is 681. The summed E-state index contributed by atoms with van der Waals surface area (Å²) in [6.07, 6.45) is 1.42. The van der Waals surface area contributed by atoms with Gasteiger partial charge >= 0.3 is 11.8 Å². The molecular weight excluding hydrogens is 328 g/mol. The number of hydrogen-bond donors (Lipinski definition) is 0. The normalized spacial score (nSPS) is 14.0. The van der Waals surface area contributed by atoms with Gasteiger partial charge in [0.05, 0.1) is 11.5 Å². The first-order valence-electron chi connectivity index (χ1n) is 8.07. The number of amides is 1. The van der Waals surface area contributed by atoms with Gasteiger partial charge in [0, 0.05) is 31.1 Å². The van der Waals surface area contributed by atoms with Crippen LogP contribution in [0, 0.1) is 10.1 Å². The molecule has 1 amide bonds. The lowest BCUT2D eigenvalue weighted by molar-refractivity contribution is -0.383. The van der Waals surface area contributed by atoms with Crippen molar-refractivity contribution in [3.05, 3.63) is 38.8 Å². The highest BCUT2D eigenvalue weighted by atomic mass is 16.6. The first-order chi connectivity index (χ1) is 12.1. The number of carbonyl (C=O) groups excluding carboxylic acids is 1. The number of nitrogens with zero attached hydrogens (tertiary/aromatic N) is 6. The zero-order valence-corrected chi connectivity index (χ0v) is 14.0. The summed E-state index contributed by atoms with van der Waals surface area (Å²) < 4.78 is 5.18. The molecule has 10 nitrogen and oxygen atoms in total. The van der Waals surface area contributed by atoms with Gasteiger partial charge in [0.15, 0.2) is 0 Å². The number of benzene rings is 1. The molecule has 0 radical (unpaired) electrons. The Morgan fingerprint density at radius 1 is 1.40 bits per heavy atom. The Kier molecular flexibility index (Phi) is 6.41. The average Bonchev–Trinajstić information content (AvgIpc) is 2.62. The van der Waals surface area contributed by atoms with Crippen molar-refractivity contribution in [1.82, 2.24) is 4.90 Å². The predicted molar refractivity (Wildman–Crippen MR) is 91.9 cm³/mol.